The second-order valence-corrected chi connectivity index (χ2v) is 7.16. The lowest BCUT2D eigenvalue weighted by Crippen LogP contribution is -2.24. The van der Waals surface area contributed by atoms with Gasteiger partial charge in [0, 0.05) is 28.3 Å². The SMILES string of the molecule is CCOc1ccc(-n2c(C)cc(/C=N/NC(=O)Nc3cccc(C)c3C)c2C)cc1. The van der Waals surface area contributed by atoms with E-state index < -0.39 is 0 Å². The molecule has 0 unspecified atom stereocenters. The highest BCUT2D eigenvalue weighted by atomic mass is 16.5. The number of hydrazone groups is 1. The lowest BCUT2D eigenvalue weighted by molar-refractivity contribution is 0.252. The Bertz CT molecular complexity index is 1070. The lowest BCUT2D eigenvalue weighted by atomic mass is 10.1. The topological polar surface area (TPSA) is 67.6 Å². The summed E-state index contributed by atoms with van der Waals surface area (Å²) >= 11 is 0. The van der Waals surface area contributed by atoms with E-state index in [1.54, 1.807) is 6.21 Å². The number of ether oxygens (including phenoxy) is 1. The first-order chi connectivity index (χ1) is 14.4. The van der Waals surface area contributed by atoms with Crippen LogP contribution in [0.5, 0.6) is 5.75 Å². The van der Waals surface area contributed by atoms with Crippen LogP contribution in [-0.4, -0.2) is 23.4 Å². The average molecular weight is 405 g/mol. The molecule has 156 valence electrons. The van der Waals surface area contributed by atoms with E-state index in [1.807, 2.05) is 83.1 Å². The molecule has 1 aromatic heterocycles. The molecule has 3 rings (SSSR count). The molecule has 0 bridgehead atoms. The quantitative estimate of drug-likeness (QED) is 0.434. The van der Waals surface area contributed by atoms with Gasteiger partial charge < -0.3 is 14.6 Å². The first kappa shape index (κ1) is 21.2. The van der Waals surface area contributed by atoms with Gasteiger partial charge in [-0.1, -0.05) is 12.1 Å². The number of urea groups is 1. The Hall–Kier alpha value is -3.54. The largest absolute Gasteiger partial charge is 0.494 e. The van der Waals surface area contributed by atoms with Crippen LogP contribution in [0.3, 0.4) is 0 Å². The Balaban J connectivity index is 1.70. The molecule has 2 N–H and O–H groups in total. The average Bonchev–Trinajstić information content (AvgIpc) is 3.00. The number of hydrogen-bond acceptors (Lipinski definition) is 3. The second kappa shape index (κ2) is 9.31. The van der Waals surface area contributed by atoms with Gasteiger partial charge in [0.15, 0.2) is 0 Å². The van der Waals surface area contributed by atoms with Crippen molar-refractivity contribution in [2.75, 3.05) is 11.9 Å². The molecule has 0 saturated heterocycles. The van der Waals surface area contributed by atoms with E-state index in [9.17, 15) is 4.79 Å². The molecule has 0 aliphatic carbocycles. The van der Waals surface area contributed by atoms with Crippen LogP contribution in [0, 0.1) is 27.7 Å². The Morgan fingerprint density at radius 1 is 1.10 bits per heavy atom. The number of aryl methyl sites for hydroxylation is 2. The molecule has 0 atom stereocenters. The van der Waals surface area contributed by atoms with Gasteiger partial charge in [0.05, 0.1) is 12.8 Å². The molecule has 0 spiro atoms. The summed E-state index contributed by atoms with van der Waals surface area (Å²) in [5.74, 6) is 0.851. The molecular weight excluding hydrogens is 376 g/mol. The van der Waals surface area contributed by atoms with Crippen LogP contribution in [0.15, 0.2) is 53.6 Å². The van der Waals surface area contributed by atoms with Crippen molar-refractivity contribution in [3.8, 4) is 11.4 Å². The number of nitrogens with one attached hydrogen (secondary N) is 2. The predicted molar refractivity (Wildman–Crippen MR) is 122 cm³/mol. The van der Waals surface area contributed by atoms with Crippen molar-refractivity contribution >= 4 is 17.9 Å². The van der Waals surface area contributed by atoms with Crippen LogP contribution in [0.4, 0.5) is 10.5 Å². The molecule has 3 aromatic rings. The van der Waals surface area contributed by atoms with Crippen molar-refractivity contribution in [1.82, 2.24) is 9.99 Å². The Labute approximate surface area is 177 Å². The van der Waals surface area contributed by atoms with Crippen LogP contribution in [0.25, 0.3) is 5.69 Å². The minimum absolute atomic E-state index is 0.375. The lowest BCUT2D eigenvalue weighted by Gasteiger charge is -2.11. The zero-order chi connectivity index (χ0) is 21.7. The van der Waals surface area contributed by atoms with Crippen molar-refractivity contribution in [1.29, 1.82) is 0 Å². The molecule has 1 heterocycles. The summed E-state index contributed by atoms with van der Waals surface area (Å²) in [7, 11) is 0. The smallest absolute Gasteiger partial charge is 0.339 e. The molecule has 0 fully saturated rings. The number of aromatic nitrogens is 1. The fraction of sp³-hybridized carbons (Fsp3) is 0.250. The Morgan fingerprint density at radius 2 is 1.83 bits per heavy atom. The van der Waals surface area contributed by atoms with E-state index in [0.29, 0.717) is 6.61 Å². The predicted octanol–water partition coefficient (Wildman–Crippen LogP) is 5.27. The molecule has 2 aromatic carbocycles. The van der Waals surface area contributed by atoms with E-state index in [1.165, 1.54) is 0 Å². The molecule has 0 aliphatic rings. The summed E-state index contributed by atoms with van der Waals surface area (Å²) in [6.45, 7) is 10.7. The first-order valence-corrected chi connectivity index (χ1v) is 9.99. The van der Waals surface area contributed by atoms with Gasteiger partial charge in [-0.25, -0.2) is 10.2 Å². The van der Waals surface area contributed by atoms with E-state index >= 15 is 0 Å². The van der Waals surface area contributed by atoms with E-state index in [2.05, 4.69) is 20.4 Å². The summed E-state index contributed by atoms with van der Waals surface area (Å²) in [4.78, 5) is 12.2. The van der Waals surface area contributed by atoms with Crippen molar-refractivity contribution in [2.45, 2.75) is 34.6 Å². The maximum Gasteiger partial charge on any atom is 0.339 e. The third kappa shape index (κ3) is 4.71. The first-order valence-electron chi connectivity index (χ1n) is 9.99. The number of rotatable bonds is 6. The zero-order valence-corrected chi connectivity index (χ0v) is 18.1. The Morgan fingerprint density at radius 3 is 2.53 bits per heavy atom. The number of nitrogens with zero attached hydrogens (tertiary/aromatic N) is 2. The molecule has 0 radical (unpaired) electrons. The van der Waals surface area contributed by atoms with Gasteiger partial charge in [0.2, 0.25) is 0 Å². The van der Waals surface area contributed by atoms with Crippen LogP contribution in [-0.2, 0) is 0 Å². The standard InChI is InChI=1S/C24H28N4O2/c1-6-30-22-12-10-21(11-13-22)28-17(3)14-20(19(28)5)15-25-27-24(29)26-23-9-7-8-16(2)18(23)4/h7-15H,6H2,1-5H3,(H2,26,27,29)/b25-15+. The number of carbonyl (C=O) groups excluding carboxylic acids is 1. The van der Waals surface area contributed by atoms with Gasteiger partial charge in [0.25, 0.3) is 0 Å². The monoisotopic (exact) mass is 404 g/mol. The maximum absolute atomic E-state index is 12.2. The summed E-state index contributed by atoms with van der Waals surface area (Å²) < 4.78 is 7.66. The number of amides is 2. The van der Waals surface area contributed by atoms with Crippen molar-refractivity contribution in [3.63, 3.8) is 0 Å². The highest BCUT2D eigenvalue weighted by Gasteiger charge is 2.10. The van der Waals surface area contributed by atoms with E-state index in [4.69, 9.17) is 4.74 Å². The van der Waals surface area contributed by atoms with Crippen LogP contribution in [0.1, 0.15) is 35.0 Å². The summed E-state index contributed by atoms with van der Waals surface area (Å²) in [6, 6.07) is 15.4. The fourth-order valence-corrected chi connectivity index (χ4v) is 3.37. The minimum atomic E-state index is -0.375. The molecule has 6 nitrogen and oxygen atoms in total. The van der Waals surface area contributed by atoms with Gasteiger partial charge in [-0.05, 0) is 82.1 Å². The van der Waals surface area contributed by atoms with Gasteiger partial charge in [0.1, 0.15) is 5.75 Å². The maximum atomic E-state index is 12.2. The summed E-state index contributed by atoms with van der Waals surface area (Å²) in [6.07, 6.45) is 1.66. The van der Waals surface area contributed by atoms with Gasteiger partial charge in [-0.3, -0.25) is 0 Å². The molecule has 0 saturated carbocycles. The minimum Gasteiger partial charge on any atom is -0.494 e. The van der Waals surface area contributed by atoms with Gasteiger partial charge >= 0.3 is 6.03 Å². The zero-order valence-electron chi connectivity index (χ0n) is 18.1. The highest BCUT2D eigenvalue weighted by Crippen LogP contribution is 2.22. The van der Waals surface area contributed by atoms with Gasteiger partial charge in [-0.2, -0.15) is 5.10 Å². The number of anilines is 1. The van der Waals surface area contributed by atoms with Crippen LogP contribution < -0.4 is 15.5 Å². The van der Waals surface area contributed by atoms with E-state index in [-0.39, 0.29) is 6.03 Å². The third-order valence-corrected chi connectivity index (χ3v) is 5.10. The Kier molecular flexibility index (Phi) is 6.57. The normalized spacial score (nSPS) is 11.0. The van der Waals surface area contributed by atoms with Crippen molar-refractivity contribution < 1.29 is 9.53 Å². The summed E-state index contributed by atoms with van der Waals surface area (Å²) in [5.41, 5.74) is 9.58. The number of benzene rings is 2. The third-order valence-electron chi connectivity index (χ3n) is 5.10. The highest BCUT2D eigenvalue weighted by molar-refractivity contribution is 5.91. The second-order valence-electron chi connectivity index (χ2n) is 7.16. The molecule has 0 aliphatic heterocycles. The van der Waals surface area contributed by atoms with Crippen molar-refractivity contribution in [2.24, 2.45) is 5.10 Å². The molecular formula is C24H28N4O2. The van der Waals surface area contributed by atoms with Gasteiger partial charge in [-0.15, -0.1) is 0 Å². The van der Waals surface area contributed by atoms with Crippen LogP contribution >= 0.6 is 0 Å². The molecule has 30 heavy (non-hydrogen) atoms. The van der Waals surface area contributed by atoms with Crippen LogP contribution in [0.2, 0.25) is 0 Å². The summed E-state index contributed by atoms with van der Waals surface area (Å²) in [5, 5.41) is 6.95. The van der Waals surface area contributed by atoms with E-state index in [0.717, 1.165) is 45.2 Å². The fourth-order valence-electron chi connectivity index (χ4n) is 3.37. The van der Waals surface area contributed by atoms with Crippen molar-refractivity contribution in [3.05, 3.63) is 76.6 Å². The molecule has 2 amide bonds. The molecule has 6 heteroatoms. The number of carbonyl (C=O) groups is 1. The number of hydrogen-bond donors (Lipinski definition) is 2.